The van der Waals surface area contributed by atoms with Crippen LogP contribution in [0.3, 0.4) is 0 Å². The number of methoxy groups -OCH3 is 1. The first-order valence-corrected chi connectivity index (χ1v) is 8.83. The van der Waals surface area contributed by atoms with Gasteiger partial charge in [-0.1, -0.05) is 19.1 Å². The Hall–Kier alpha value is -1.59. The molecule has 2 rings (SSSR count). The second-order valence-corrected chi connectivity index (χ2v) is 6.77. The van der Waals surface area contributed by atoms with E-state index in [1.165, 1.54) is 5.56 Å². The third kappa shape index (κ3) is 5.21. The number of carbonyl (C=O) groups is 1. The molecule has 1 amide bonds. The van der Waals surface area contributed by atoms with E-state index in [1.54, 1.807) is 7.11 Å². The lowest BCUT2D eigenvalue weighted by Crippen LogP contribution is -2.48. The van der Waals surface area contributed by atoms with Crippen molar-refractivity contribution in [3.05, 3.63) is 29.8 Å². The molecule has 5 nitrogen and oxygen atoms in total. The molecule has 1 heterocycles. The summed E-state index contributed by atoms with van der Waals surface area (Å²) in [5.41, 5.74) is 1.15. The number of hydrogen-bond acceptors (Lipinski definition) is 4. The van der Waals surface area contributed by atoms with Gasteiger partial charge in [-0.05, 0) is 49.9 Å². The number of rotatable bonds is 8. The molecule has 1 aromatic rings. The van der Waals surface area contributed by atoms with E-state index in [0.29, 0.717) is 13.1 Å². The first-order valence-electron chi connectivity index (χ1n) is 8.83. The van der Waals surface area contributed by atoms with Crippen LogP contribution in [0.1, 0.15) is 31.7 Å². The standard InChI is InChI=1S/C19H30N2O3/c1-3-19(15-22)10-4-12-21(14-19)13-18(23)20-11-9-16-5-7-17(24-2)8-6-16/h5-8,22H,3-4,9-15H2,1-2H3,(H,20,23)/t19-/m1/s1. The van der Waals surface area contributed by atoms with Crippen LogP contribution in [0, 0.1) is 5.41 Å². The Morgan fingerprint density at radius 3 is 2.75 bits per heavy atom. The molecule has 0 saturated carbocycles. The van der Waals surface area contributed by atoms with E-state index in [4.69, 9.17) is 4.74 Å². The Kier molecular flexibility index (Phi) is 7.06. The Morgan fingerprint density at radius 2 is 2.12 bits per heavy atom. The van der Waals surface area contributed by atoms with Crippen LogP contribution >= 0.6 is 0 Å². The number of carbonyl (C=O) groups excluding carboxylic acids is 1. The second kappa shape index (κ2) is 9.04. The topological polar surface area (TPSA) is 61.8 Å². The SMILES string of the molecule is CC[C@@]1(CO)CCCN(CC(=O)NCCc2ccc(OC)cc2)C1. The molecule has 1 aliphatic heterocycles. The number of amides is 1. The summed E-state index contributed by atoms with van der Waals surface area (Å²) in [6, 6.07) is 7.91. The quantitative estimate of drug-likeness (QED) is 0.761. The van der Waals surface area contributed by atoms with Gasteiger partial charge < -0.3 is 15.2 Å². The summed E-state index contributed by atoms with van der Waals surface area (Å²) in [5.74, 6) is 0.907. The molecule has 0 aromatic heterocycles. The molecule has 24 heavy (non-hydrogen) atoms. The number of benzene rings is 1. The van der Waals surface area contributed by atoms with E-state index in [9.17, 15) is 9.90 Å². The van der Waals surface area contributed by atoms with Crippen LogP contribution in [0.2, 0.25) is 0 Å². The molecule has 2 N–H and O–H groups in total. The fraction of sp³-hybridized carbons (Fsp3) is 0.632. The zero-order valence-corrected chi connectivity index (χ0v) is 14.9. The van der Waals surface area contributed by atoms with Crippen LogP contribution in [-0.4, -0.2) is 55.8 Å². The number of aliphatic hydroxyl groups is 1. The monoisotopic (exact) mass is 334 g/mol. The molecule has 0 bridgehead atoms. The van der Waals surface area contributed by atoms with Gasteiger partial charge >= 0.3 is 0 Å². The van der Waals surface area contributed by atoms with Gasteiger partial charge in [0.2, 0.25) is 5.91 Å². The van der Waals surface area contributed by atoms with Crippen molar-refractivity contribution in [2.45, 2.75) is 32.6 Å². The summed E-state index contributed by atoms with van der Waals surface area (Å²) < 4.78 is 5.14. The van der Waals surface area contributed by atoms with Gasteiger partial charge in [0, 0.05) is 25.1 Å². The first-order chi connectivity index (χ1) is 11.6. The molecule has 0 spiro atoms. The largest absolute Gasteiger partial charge is 0.497 e. The second-order valence-electron chi connectivity index (χ2n) is 6.77. The van der Waals surface area contributed by atoms with Crippen LogP contribution < -0.4 is 10.1 Å². The lowest BCUT2D eigenvalue weighted by molar-refractivity contribution is -0.123. The smallest absolute Gasteiger partial charge is 0.234 e. The average Bonchev–Trinajstić information content (AvgIpc) is 2.62. The summed E-state index contributed by atoms with van der Waals surface area (Å²) in [6.45, 7) is 5.13. The summed E-state index contributed by atoms with van der Waals surface area (Å²) in [6.07, 6.45) is 3.87. The van der Waals surface area contributed by atoms with Gasteiger partial charge in [-0.2, -0.15) is 0 Å². The highest BCUT2D eigenvalue weighted by Gasteiger charge is 2.33. The molecule has 0 radical (unpaired) electrons. The predicted molar refractivity (Wildman–Crippen MR) is 95.2 cm³/mol. The van der Waals surface area contributed by atoms with E-state index in [2.05, 4.69) is 17.1 Å². The highest BCUT2D eigenvalue weighted by molar-refractivity contribution is 5.78. The molecule has 1 atom stereocenters. The van der Waals surface area contributed by atoms with Gasteiger partial charge in [-0.3, -0.25) is 9.69 Å². The van der Waals surface area contributed by atoms with Crippen molar-refractivity contribution < 1.29 is 14.6 Å². The van der Waals surface area contributed by atoms with Crippen LogP contribution in [0.25, 0.3) is 0 Å². The van der Waals surface area contributed by atoms with Crippen molar-refractivity contribution in [1.82, 2.24) is 10.2 Å². The summed E-state index contributed by atoms with van der Waals surface area (Å²) in [4.78, 5) is 14.3. The third-order valence-electron chi connectivity index (χ3n) is 5.09. The van der Waals surface area contributed by atoms with Gasteiger partial charge in [0.1, 0.15) is 5.75 Å². The number of nitrogens with zero attached hydrogens (tertiary/aromatic N) is 1. The Balaban J connectivity index is 1.72. The molecule has 134 valence electrons. The molecule has 0 aliphatic carbocycles. The van der Waals surface area contributed by atoms with Crippen molar-refractivity contribution in [3.63, 3.8) is 0 Å². The highest BCUT2D eigenvalue weighted by Crippen LogP contribution is 2.32. The molecular weight excluding hydrogens is 304 g/mol. The van der Waals surface area contributed by atoms with Crippen molar-refractivity contribution in [2.24, 2.45) is 5.41 Å². The Labute approximate surface area is 145 Å². The maximum atomic E-state index is 12.2. The normalized spacial score (nSPS) is 21.5. The number of nitrogens with one attached hydrogen (secondary N) is 1. The van der Waals surface area contributed by atoms with Crippen LogP contribution in [-0.2, 0) is 11.2 Å². The fourth-order valence-corrected chi connectivity index (χ4v) is 3.37. The van der Waals surface area contributed by atoms with Crippen LogP contribution in [0.5, 0.6) is 5.75 Å². The van der Waals surface area contributed by atoms with Crippen molar-refractivity contribution in [3.8, 4) is 5.75 Å². The van der Waals surface area contributed by atoms with E-state index in [0.717, 1.165) is 44.5 Å². The van der Waals surface area contributed by atoms with Crippen LogP contribution in [0.15, 0.2) is 24.3 Å². The minimum atomic E-state index is -0.0262. The highest BCUT2D eigenvalue weighted by atomic mass is 16.5. The third-order valence-corrected chi connectivity index (χ3v) is 5.09. The molecule has 1 saturated heterocycles. The van der Waals surface area contributed by atoms with Gasteiger partial charge in [-0.15, -0.1) is 0 Å². The predicted octanol–water partition coefficient (Wildman–Crippen LogP) is 1.84. The Bertz CT molecular complexity index is 512. The van der Waals surface area contributed by atoms with E-state index >= 15 is 0 Å². The molecule has 5 heteroatoms. The Morgan fingerprint density at radius 1 is 1.38 bits per heavy atom. The molecule has 0 unspecified atom stereocenters. The lowest BCUT2D eigenvalue weighted by atomic mass is 9.78. The lowest BCUT2D eigenvalue weighted by Gasteiger charge is -2.41. The van der Waals surface area contributed by atoms with E-state index < -0.39 is 0 Å². The number of ether oxygens (including phenoxy) is 1. The van der Waals surface area contributed by atoms with Gasteiger partial charge in [0.25, 0.3) is 0 Å². The minimum Gasteiger partial charge on any atom is -0.497 e. The minimum absolute atomic E-state index is 0.0262. The molecule has 1 aromatic carbocycles. The summed E-state index contributed by atoms with van der Waals surface area (Å²) >= 11 is 0. The number of aliphatic hydroxyl groups excluding tert-OH is 1. The molecular formula is C19H30N2O3. The fourth-order valence-electron chi connectivity index (χ4n) is 3.37. The van der Waals surface area contributed by atoms with Gasteiger partial charge in [-0.25, -0.2) is 0 Å². The molecule has 1 aliphatic rings. The van der Waals surface area contributed by atoms with Crippen molar-refractivity contribution in [1.29, 1.82) is 0 Å². The van der Waals surface area contributed by atoms with E-state index in [-0.39, 0.29) is 17.9 Å². The maximum absolute atomic E-state index is 12.2. The van der Waals surface area contributed by atoms with E-state index in [1.807, 2.05) is 24.3 Å². The number of piperidine rings is 1. The van der Waals surface area contributed by atoms with Crippen molar-refractivity contribution in [2.75, 3.05) is 39.9 Å². The zero-order valence-electron chi connectivity index (χ0n) is 14.9. The van der Waals surface area contributed by atoms with Gasteiger partial charge in [0.05, 0.1) is 13.7 Å². The number of likely N-dealkylation sites (tertiary alicyclic amines) is 1. The maximum Gasteiger partial charge on any atom is 0.234 e. The number of hydrogen-bond donors (Lipinski definition) is 2. The van der Waals surface area contributed by atoms with Gasteiger partial charge in [0.15, 0.2) is 0 Å². The average molecular weight is 334 g/mol. The molecule has 1 fully saturated rings. The van der Waals surface area contributed by atoms with Crippen molar-refractivity contribution >= 4 is 5.91 Å². The first kappa shape index (κ1) is 18.7. The summed E-state index contributed by atoms with van der Waals surface area (Å²) in [7, 11) is 1.65. The van der Waals surface area contributed by atoms with Crippen LogP contribution in [0.4, 0.5) is 0 Å². The summed E-state index contributed by atoms with van der Waals surface area (Å²) in [5, 5.41) is 12.7. The zero-order chi connectivity index (χ0) is 17.4.